The number of rotatable bonds is 5. The number of halogens is 4. The predicted octanol–water partition coefficient (Wildman–Crippen LogP) is 4.78. The Balaban J connectivity index is 2.06. The van der Waals surface area contributed by atoms with Crippen LogP contribution in [0.2, 0.25) is 0 Å². The summed E-state index contributed by atoms with van der Waals surface area (Å²) in [6.45, 7) is 2.63. The summed E-state index contributed by atoms with van der Waals surface area (Å²) in [6, 6.07) is 3.55. The molecule has 0 unspecified atom stereocenters. The van der Waals surface area contributed by atoms with Crippen LogP contribution in [0.1, 0.15) is 48.5 Å². The zero-order valence-electron chi connectivity index (χ0n) is 11.7. The molecule has 2 nitrogen and oxygen atoms in total. The number of nitrogens with one attached hydrogen (secondary N) is 1. The van der Waals surface area contributed by atoms with Crippen molar-refractivity contribution in [2.24, 2.45) is 5.41 Å². The fourth-order valence-corrected chi connectivity index (χ4v) is 2.95. The van der Waals surface area contributed by atoms with Crippen LogP contribution in [0.3, 0.4) is 0 Å². The van der Waals surface area contributed by atoms with Gasteiger partial charge in [0, 0.05) is 16.6 Å². The number of hydrogen-bond donors (Lipinski definition) is 1. The monoisotopic (exact) mass is 363 g/mol. The standard InChI is InChI=1S/C15H17BrF3NO/c1-2-5-14(6-7-14)9-20-13(21)10-3-4-12(16)11(8-10)15(17,18)19/h3-4,8H,2,5-7,9H2,1H3,(H,20,21). The summed E-state index contributed by atoms with van der Waals surface area (Å²) in [5.74, 6) is -0.449. The summed E-state index contributed by atoms with van der Waals surface area (Å²) in [5.41, 5.74) is -0.616. The van der Waals surface area contributed by atoms with Crippen LogP contribution in [0.4, 0.5) is 13.2 Å². The Morgan fingerprint density at radius 1 is 1.38 bits per heavy atom. The van der Waals surface area contributed by atoms with Gasteiger partial charge in [0.05, 0.1) is 5.56 Å². The summed E-state index contributed by atoms with van der Waals surface area (Å²) in [5, 5.41) is 2.76. The Hall–Kier alpha value is -1.04. The van der Waals surface area contributed by atoms with Gasteiger partial charge >= 0.3 is 6.18 Å². The van der Waals surface area contributed by atoms with Crippen LogP contribution < -0.4 is 5.32 Å². The minimum absolute atomic E-state index is 0.0397. The molecule has 0 heterocycles. The van der Waals surface area contributed by atoms with Crippen molar-refractivity contribution in [1.29, 1.82) is 0 Å². The van der Waals surface area contributed by atoms with Crippen molar-refractivity contribution in [2.45, 2.75) is 38.8 Å². The van der Waals surface area contributed by atoms with E-state index in [1.54, 1.807) is 0 Å². The lowest BCUT2D eigenvalue weighted by atomic mass is 10.0. The SMILES string of the molecule is CCCC1(CNC(=O)c2ccc(Br)c(C(F)(F)F)c2)CC1. The molecule has 6 heteroatoms. The number of alkyl halides is 3. The second kappa shape index (κ2) is 5.99. The third-order valence-corrected chi connectivity index (χ3v) is 4.59. The van der Waals surface area contributed by atoms with E-state index < -0.39 is 17.6 Å². The number of carbonyl (C=O) groups excluding carboxylic acids is 1. The molecule has 1 fully saturated rings. The van der Waals surface area contributed by atoms with E-state index in [0.29, 0.717) is 6.54 Å². The van der Waals surface area contributed by atoms with Gasteiger partial charge in [-0.1, -0.05) is 29.3 Å². The Labute approximate surface area is 130 Å². The quantitative estimate of drug-likeness (QED) is 0.801. The molecule has 1 aromatic rings. The molecule has 1 N–H and O–H groups in total. The Kier molecular flexibility index (Phi) is 4.66. The first-order valence-corrected chi connectivity index (χ1v) is 7.72. The summed E-state index contributed by atoms with van der Waals surface area (Å²) in [4.78, 5) is 12.0. The molecular formula is C15H17BrF3NO. The fourth-order valence-electron chi connectivity index (χ4n) is 2.48. The molecule has 1 aliphatic rings. The van der Waals surface area contributed by atoms with E-state index in [9.17, 15) is 18.0 Å². The first kappa shape index (κ1) is 16.3. The highest BCUT2D eigenvalue weighted by atomic mass is 79.9. The average molecular weight is 364 g/mol. The van der Waals surface area contributed by atoms with Crippen LogP contribution in [-0.4, -0.2) is 12.5 Å². The van der Waals surface area contributed by atoms with Crippen molar-refractivity contribution in [3.05, 3.63) is 33.8 Å². The van der Waals surface area contributed by atoms with E-state index in [0.717, 1.165) is 31.7 Å². The topological polar surface area (TPSA) is 29.1 Å². The maximum Gasteiger partial charge on any atom is 0.417 e. The van der Waals surface area contributed by atoms with E-state index in [-0.39, 0.29) is 15.5 Å². The van der Waals surface area contributed by atoms with Crippen molar-refractivity contribution in [3.8, 4) is 0 Å². The Morgan fingerprint density at radius 3 is 2.57 bits per heavy atom. The molecule has 1 aliphatic carbocycles. The van der Waals surface area contributed by atoms with Gasteiger partial charge < -0.3 is 5.32 Å². The van der Waals surface area contributed by atoms with Crippen LogP contribution in [0, 0.1) is 5.41 Å². The molecule has 1 saturated carbocycles. The van der Waals surface area contributed by atoms with Gasteiger partial charge in [-0.05, 0) is 42.9 Å². The third kappa shape index (κ3) is 3.99. The lowest BCUT2D eigenvalue weighted by Gasteiger charge is -2.16. The maximum atomic E-state index is 12.8. The van der Waals surface area contributed by atoms with Gasteiger partial charge in [-0.2, -0.15) is 13.2 Å². The van der Waals surface area contributed by atoms with E-state index in [1.165, 1.54) is 12.1 Å². The maximum absolute atomic E-state index is 12.8. The molecule has 21 heavy (non-hydrogen) atoms. The summed E-state index contributed by atoms with van der Waals surface area (Å²) in [6.07, 6.45) is -0.229. The van der Waals surface area contributed by atoms with Crippen molar-refractivity contribution in [3.63, 3.8) is 0 Å². The van der Waals surface area contributed by atoms with Crippen LogP contribution >= 0.6 is 15.9 Å². The number of amides is 1. The summed E-state index contributed by atoms with van der Waals surface area (Å²) >= 11 is 2.86. The molecular weight excluding hydrogens is 347 g/mol. The normalized spacial score (nSPS) is 16.6. The van der Waals surface area contributed by atoms with Crippen LogP contribution in [0.15, 0.2) is 22.7 Å². The third-order valence-electron chi connectivity index (χ3n) is 3.90. The first-order chi connectivity index (χ1) is 9.77. The van der Waals surface area contributed by atoms with E-state index in [4.69, 9.17) is 0 Å². The van der Waals surface area contributed by atoms with Crippen molar-refractivity contribution in [1.82, 2.24) is 5.32 Å². The molecule has 1 amide bonds. The molecule has 0 aromatic heterocycles. The predicted molar refractivity (Wildman–Crippen MR) is 78.1 cm³/mol. The fraction of sp³-hybridized carbons (Fsp3) is 0.533. The minimum atomic E-state index is -4.48. The lowest BCUT2D eigenvalue weighted by molar-refractivity contribution is -0.138. The van der Waals surface area contributed by atoms with Crippen LogP contribution in [0.5, 0.6) is 0 Å². The summed E-state index contributed by atoms with van der Waals surface area (Å²) in [7, 11) is 0. The van der Waals surface area contributed by atoms with Gasteiger partial charge in [0.25, 0.3) is 5.91 Å². The zero-order valence-corrected chi connectivity index (χ0v) is 13.3. The van der Waals surface area contributed by atoms with Gasteiger partial charge in [0.15, 0.2) is 0 Å². The molecule has 0 atom stereocenters. The minimum Gasteiger partial charge on any atom is -0.351 e. The molecule has 1 aromatic carbocycles. The van der Waals surface area contributed by atoms with Crippen molar-refractivity contribution >= 4 is 21.8 Å². The molecule has 116 valence electrons. The smallest absolute Gasteiger partial charge is 0.351 e. The molecule has 0 radical (unpaired) electrons. The van der Waals surface area contributed by atoms with Crippen molar-refractivity contribution < 1.29 is 18.0 Å². The number of benzene rings is 1. The molecule has 0 spiro atoms. The molecule has 0 aliphatic heterocycles. The lowest BCUT2D eigenvalue weighted by Crippen LogP contribution is -2.30. The average Bonchev–Trinajstić information content (AvgIpc) is 3.16. The second-order valence-corrected chi connectivity index (χ2v) is 6.48. The Morgan fingerprint density at radius 2 is 2.05 bits per heavy atom. The second-order valence-electron chi connectivity index (χ2n) is 5.63. The highest BCUT2D eigenvalue weighted by Gasteiger charge is 2.41. The van der Waals surface area contributed by atoms with Gasteiger partial charge in [-0.25, -0.2) is 0 Å². The first-order valence-electron chi connectivity index (χ1n) is 6.92. The van der Waals surface area contributed by atoms with E-state index in [1.807, 2.05) is 0 Å². The molecule has 0 saturated heterocycles. The van der Waals surface area contributed by atoms with Gasteiger partial charge in [0.1, 0.15) is 0 Å². The Bertz CT molecular complexity index is 538. The molecule has 2 rings (SSSR count). The largest absolute Gasteiger partial charge is 0.417 e. The van der Waals surface area contributed by atoms with Gasteiger partial charge in [-0.15, -0.1) is 0 Å². The van der Waals surface area contributed by atoms with Gasteiger partial charge in [-0.3, -0.25) is 4.79 Å². The van der Waals surface area contributed by atoms with Crippen LogP contribution in [0.25, 0.3) is 0 Å². The highest BCUT2D eigenvalue weighted by Crippen LogP contribution is 2.49. The zero-order chi connectivity index (χ0) is 15.7. The molecule has 0 bridgehead atoms. The highest BCUT2D eigenvalue weighted by molar-refractivity contribution is 9.10. The number of hydrogen-bond acceptors (Lipinski definition) is 1. The van der Waals surface area contributed by atoms with Crippen molar-refractivity contribution in [2.75, 3.05) is 6.54 Å². The number of carbonyl (C=O) groups is 1. The summed E-state index contributed by atoms with van der Waals surface area (Å²) < 4.78 is 38.4. The van der Waals surface area contributed by atoms with Gasteiger partial charge in [0.2, 0.25) is 0 Å². The van der Waals surface area contributed by atoms with E-state index in [2.05, 4.69) is 28.2 Å². The van der Waals surface area contributed by atoms with Crippen LogP contribution in [-0.2, 0) is 6.18 Å². The van der Waals surface area contributed by atoms with E-state index >= 15 is 0 Å².